The average Bonchev–Trinajstić information content (AvgIpc) is 2.34. The maximum Gasteiger partial charge on any atom is 0.339 e. The Bertz CT molecular complexity index is 423. The summed E-state index contributed by atoms with van der Waals surface area (Å²) in [6, 6.07) is 4.51. The summed E-state index contributed by atoms with van der Waals surface area (Å²) in [5.74, 6) is -0.765. The SMILES string of the molecule is CN(C)CCOCCOc1ccc(Cl)cc1C(=O)O. The van der Waals surface area contributed by atoms with Crippen LogP contribution in [-0.2, 0) is 4.74 Å². The first-order valence-corrected chi connectivity index (χ1v) is 6.26. The molecule has 0 aliphatic carbocycles. The monoisotopic (exact) mass is 287 g/mol. The van der Waals surface area contributed by atoms with Crippen LogP contribution < -0.4 is 4.74 Å². The highest BCUT2D eigenvalue weighted by Gasteiger charge is 2.11. The van der Waals surface area contributed by atoms with Gasteiger partial charge in [0, 0.05) is 11.6 Å². The first-order valence-electron chi connectivity index (χ1n) is 5.89. The van der Waals surface area contributed by atoms with Crippen LogP contribution in [0.2, 0.25) is 5.02 Å². The maximum absolute atomic E-state index is 11.0. The third-order valence-corrected chi connectivity index (χ3v) is 2.58. The Morgan fingerprint density at radius 2 is 2.05 bits per heavy atom. The van der Waals surface area contributed by atoms with E-state index in [-0.39, 0.29) is 5.56 Å². The molecule has 0 heterocycles. The van der Waals surface area contributed by atoms with E-state index in [9.17, 15) is 4.79 Å². The molecular weight excluding hydrogens is 270 g/mol. The molecule has 5 nitrogen and oxygen atoms in total. The number of aromatic carboxylic acids is 1. The Morgan fingerprint density at radius 3 is 2.68 bits per heavy atom. The lowest BCUT2D eigenvalue weighted by atomic mass is 10.2. The second-order valence-electron chi connectivity index (χ2n) is 4.21. The summed E-state index contributed by atoms with van der Waals surface area (Å²) in [5, 5.41) is 9.38. The van der Waals surface area contributed by atoms with Gasteiger partial charge in [-0.05, 0) is 32.3 Å². The average molecular weight is 288 g/mol. The van der Waals surface area contributed by atoms with Gasteiger partial charge in [-0.2, -0.15) is 0 Å². The number of nitrogens with zero attached hydrogens (tertiary/aromatic N) is 1. The van der Waals surface area contributed by atoms with Crippen molar-refractivity contribution in [1.29, 1.82) is 0 Å². The molecule has 6 heteroatoms. The van der Waals surface area contributed by atoms with Crippen LogP contribution in [-0.4, -0.2) is 56.4 Å². The molecule has 0 aliphatic rings. The highest BCUT2D eigenvalue weighted by atomic mass is 35.5. The van der Waals surface area contributed by atoms with Crippen molar-refractivity contribution in [2.24, 2.45) is 0 Å². The molecule has 1 N–H and O–H groups in total. The molecule has 1 rings (SSSR count). The van der Waals surface area contributed by atoms with Gasteiger partial charge in [-0.3, -0.25) is 0 Å². The zero-order chi connectivity index (χ0) is 14.3. The van der Waals surface area contributed by atoms with Gasteiger partial charge in [0.2, 0.25) is 0 Å². The molecule has 0 spiro atoms. The number of likely N-dealkylation sites (N-methyl/N-ethyl adjacent to an activating group) is 1. The second kappa shape index (κ2) is 7.99. The number of carbonyl (C=O) groups is 1. The molecule has 0 atom stereocenters. The van der Waals surface area contributed by atoms with E-state index in [0.29, 0.717) is 30.6 Å². The highest BCUT2D eigenvalue weighted by molar-refractivity contribution is 6.31. The number of hydrogen-bond acceptors (Lipinski definition) is 4. The molecule has 0 aromatic heterocycles. The van der Waals surface area contributed by atoms with Crippen LogP contribution >= 0.6 is 11.6 Å². The molecule has 1 aromatic carbocycles. The summed E-state index contributed by atoms with van der Waals surface area (Å²) in [6.45, 7) is 2.16. The minimum atomic E-state index is -1.06. The normalized spacial score (nSPS) is 10.7. The third-order valence-electron chi connectivity index (χ3n) is 2.34. The van der Waals surface area contributed by atoms with Crippen LogP contribution in [0.5, 0.6) is 5.75 Å². The smallest absolute Gasteiger partial charge is 0.339 e. The summed E-state index contributed by atoms with van der Waals surface area (Å²) in [4.78, 5) is 13.0. The summed E-state index contributed by atoms with van der Waals surface area (Å²) in [5.41, 5.74) is 0.0563. The van der Waals surface area contributed by atoms with Crippen LogP contribution in [0.15, 0.2) is 18.2 Å². The summed E-state index contributed by atoms with van der Waals surface area (Å²) in [6.07, 6.45) is 0. The van der Waals surface area contributed by atoms with Crippen molar-refractivity contribution < 1.29 is 19.4 Å². The van der Waals surface area contributed by atoms with E-state index >= 15 is 0 Å². The molecule has 0 aliphatic heterocycles. The number of carboxylic acid groups (broad SMARTS) is 1. The van der Waals surface area contributed by atoms with E-state index in [2.05, 4.69) is 0 Å². The topological polar surface area (TPSA) is 59.0 Å². The molecule has 1 aromatic rings. The van der Waals surface area contributed by atoms with Crippen molar-refractivity contribution in [3.8, 4) is 5.75 Å². The van der Waals surface area contributed by atoms with Crippen molar-refractivity contribution in [2.75, 3.05) is 40.5 Å². The van der Waals surface area contributed by atoms with Gasteiger partial charge in [0.15, 0.2) is 0 Å². The van der Waals surface area contributed by atoms with Gasteiger partial charge in [-0.25, -0.2) is 4.79 Å². The van der Waals surface area contributed by atoms with Gasteiger partial charge < -0.3 is 19.5 Å². The molecule has 0 saturated carbocycles. The zero-order valence-electron chi connectivity index (χ0n) is 11.1. The highest BCUT2D eigenvalue weighted by Crippen LogP contribution is 2.22. The standard InChI is InChI=1S/C13H18ClNO4/c1-15(2)5-6-18-7-8-19-12-4-3-10(14)9-11(12)13(16)17/h3-4,9H,5-8H2,1-2H3,(H,16,17). The zero-order valence-corrected chi connectivity index (χ0v) is 11.8. The summed E-state index contributed by atoms with van der Waals surface area (Å²) in [7, 11) is 3.93. The fourth-order valence-corrected chi connectivity index (χ4v) is 1.53. The van der Waals surface area contributed by atoms with E-state index in [1.165, 1.54) is 6.07 Å². The molecule has 19 heavy (non-hydrogen) atoms. The lowest BCUT2D eigenvalue weighted by Crippen LogP contribution is -2.19. The summed E-state index contributed by atoms with van der Waals surface area (Å²) >= 11 is 5.74. The second-order valence-corrected chi connectivity index (χ2v) is 4.65. The predicted octanol–water partition coefficient (Wildman–Crippen LogP) is 2.00. The molecule has 0 unspecified atom stereocenters. The van der Waals surface area contributed by atoms with Crippen molar-refractivity contribution >= 4 is 17.6 Å². The number of rotatable bonds is 8. The van der Waals surface area contributed by atoms with Gasteiger partial charge in [-0.15, -0.1) is 0 Å². The first-order chi connectivity index (χ1) is 9.00. The number of hydrogen-bond donors (Lipinski definition) is 1. The lowest BCUT2D eigenvalue weighted by Gasteiger charge is -2.11. The lowest BCUT2D eigenvalue weighted by molar-refractivity contribution is 0.0682. The Morgan fingerprint density at radius 1 is 1.32 bits per heavy atom. The van der Waals surface area contributed by atoms with Crippen LogP contribution in [0.4, 0.5) is 0 Å². The van der Waals surface area contributed by atoms with Crippen molar-refractivity contribution in [3.63, 3.8) is 0 Å². The van der Waals surface area contributed by atoms with Crippen LogP contribution in [0.25, 0.3) is 0 Å². The molecule has 0 bridgehead atoms. The Kier molecular flexibility index (Phi) is 6.62. The van der Waals surface area contributed by atoms with E-state index in [1.807, 2.05) is 19.0 Å². The van der Waals surface area contributed by atoms with E-state index in [1.54, 1.807) is 12.1 Å². The predicted molar refractivity (Wildman–Crippen MR) is 73.3 cm³/mol. The van der Waals surface area contributed by atoms with Crippen LogP contribution in [0.1, 0.15) is 10.4 Å². The number of carboxylic acids is 1. The number of ether oxygens (including phenoxy) is 2. The number of benzene rings is 1. The molecule has 0 saturated heterocycles. The van der Waals surface area contributed by atoms with Crippen molar-refractivity contribution in [2.45, 2.75) is 0 Å². The molecule has 0 radical (unpaired) electrons. The largest absolute Gasteiger partial charge is 0.490 e. The van der Waals surface area contributed by atoms with Gasteiger partial charge in [0.1, 0.15) is 17.9 Å². The molecule has 106 valence electrons. The van der Waals surface area contributed by atoms with E-state index in [4.69, 9.17) is 26.2 Å². The van der Waals surface area contributed by atoms with Crippen LogP contribution in [0, 0.1) is 0 Å². The van der Waals surface area contributed by atoms with Gasteiger partial charge in [-0.1, -0.05) is 11.6 Å². The Labute approximate surface area is 117 Å². The maximum atomic E-state index is 11.0. The summed E-state index contributed by atoms with van der Waals surface area (Å²) < 4.78 is 10.7. The minimum absolute atomic E-state index is 0.0563. The van der Waals surface area contributed by atoms with Crippen molar-refractivity contribution in [3.05, 3.63) is 28.8 Å². The number of halogens is 1. The Hall–Kier alpha value is -1.30. The first kappa shape index (κ1) is 15.8. The fraction of sp³-hybridized carbons (Fsp3) is 0.462. The van der Waals surface area contributed by atoms with E-state index < -0.39 is 5.97 Å². The quantitative estimate of drug-likeness (QED) is 0.741. The van der Waals surface area contributed by atoms with Gasteiger partial charge >= 0.3 is 5.97 Å². The molecule has 0 fully saturated rings. The molecule has 0 amide bonds. The van der Waals surface area contributed by atoms with E-state index in [0.717, 1.165) is 6.54 Å². The molecular formula is C13H18ClNO4. The van der Waals surface area contributed by atoms with Gasteiger partial charge in [0.05, 0.1) is 13.2 Å². The Balaban J connectivity index is 2.39. The minimum Gasteiger partial charge on any atom is -0.490 e. The van der Waals surface area contributed by atoms with Crippen molar-refractivity contribution in [1.82, 2.24) is 4.90 Å². The third kappa shape index (κ3) is 5.92. The van der Waals surface area contributed by atoms with Gasteiger partial charge in [0.25, 0.3) is 0 Å². The fourth-order valence-electron chi connectivity index (χ4n) is 1.35. The van der Waals surface area contributed by atoms with Crippen LogP contribution in [0.3, 0.4) is 0 Å².